The summed E-state index contributed by atoms with van der Waals surface area (Å²) in [7, 11) is 0. The smallest absolute Gasteiger partial charge is 0.306 e. The van der Waals surface area contributed by atoms with E-state index in [2.05, 4.69) is 0 Å². The van der Waals surface area contributed by atoms with Crippen LogP contribution < -0.4 is 0 Å². The Morgan fingerprint density at radius 1 is 1.53 bits per heavy atom. The molecule has 0 aliphatic heterocycles. The Morgan fingerprint density at radius 3 is 2.67 bits per heavy atom. The monoisotopic (exact) mass is 212 g/mol. The van der Waals surface area contributed by atoms with Crippen LogP contribution in [0.3, 0.4) is 0 Å². The Morgan fingerprint density at radius 2 is 2.13 bits per heavy atom. The van der Waals surface area contributed by atoms with E-state index in [0.29, 0.717) is 11.1 Å². The Labute approximate surface area is 87.2 Å². The number of hydrogen-bond donors (Lipinski definition) is 2. The number of aliphatic carboxylic acids is 1. The molecular formula is C11H13FO3. The SMILES string of the molecule is Cc1ccc(CC(C)C(=O)O)c(O)c1F. The number of carboxylic acids is 1. The minimum atomic E-state index is -0.963. The molecule has 0 heterocycles. The molecule has 3 nitrogen and oxygen atoms in total. The number of carboxylic acid groups (broad SMARTS) is 1. The lowest BCUT2D eigenvalue weighted by Crippen LogP contribution is -2.12. The topological polar surface area (TPSA) is 57.5 Å². The molecule has 0 aromatic heterocycles. The molecule has 0 bridgehead atoms. The third-order valence-corrected chi connectivity index (χ3v) is 2.34. The summed E-state index contributed by atoms with van der Waals surface area (Å²) < 4.78 is 13.2. The summed E-state index contributed by atoms with van der Waals surface area (Å²) in [4.78, 5) is 10.6. The number of rotatable bonds is 3. The first kappa shape index (κ1) is 11.5. The summed E-state index contributed by atoms with van der Waals surface area (Å²) >= 11 is 0. The van der Waals surface area contributed by atoms with Crippen molar-refractivity contribution >= 4 is 5.97 Å². The molecule has 15 heavy (non-hydrogen) atoms. The second-order valence-electron chi connectivity index (χ2n) is 3.65. The molecule has 1 aromatic carbocycles. The fourth-order valence-electron chi connectivity index (χ4n) is 1.29. The van der Waals surface area contributed by atoms with Crippen molar-refractivity contribution in [2.45, 2.75) is 20.3 Å². The average molecular weight is 212 g/mol. The third kappa shape index (κ3) is 2.46. The van der Waals surface area contributed by atoms with Crippen LogP contribution in [0, 0.1) is 18.7 Å². The summed E-state index contributed by atoms with van der Waals surface area (Å²) in [6.07, 6.45) is 0.123. The Kier molecular flexibility index (Phi) is 3.29. The average Bonchev–Trinajstić information content (AvgIpc) is 2.18. The van der Waals surface area contributed by atoms with Gasteiger partial charge in [0.25, 0.3) is 0 Å². The summed E-state index contributed by atoms with van der Waals surface area (Å²) in [6.45, 7) is 3.05. The molecule has 1 atom stereocenters. The maximum Gasteiger partial charge on any atom is 0.306 e. The van der Waals surface area contributed by atoms with Crippen molar-refractivity contribution in [3.05, 3.63) is 29.1 Å². The zero-order valence-electron chi connectivity index (χ0n) is 8.62. The number of aromatic hydroxyl groups is 1. The first-order valence-electron chi connectivity index (χ1n) is 4.63. The van der Waals surface area contributed by atoms with Gasteiger partial charge in [0.1, 0.15) is 0 Å². The lowest BCUT2D eigenvalue weighted by molar-refractivity contribution is -0.141. The highest BCUT2D eigenvalue weighted by Crippen LogP contribution is 2.26. The van der Waals surface area contributed by atoms with Crippen LogP contribution in [-0.2, 0) is 11.2 Å². The van der Waals surface area contributed by atoms with Gasteiger partial charge in [0, 0.05) is 0 Å². The summed E-state index contributed by atoms with van der Waals surface area (Å²) in [5.74, 6) is -2.72. The highest BCUT2D eigenvalue weighted by Gasteiger charge is 2.16. The molecular weight excluding hydrogens is 199 g/mol. The van der Waals surface area contributed by atoms with Crippen LogP contribution in [0.5, 0.6) is 5.75 Å². The van der Waals surface area contributed by atoms with Gasteiger partial charge >= 0.3 is 5.97 Å². The summed E-state index contributed by atoms with van der Waals surface area (Å²) in [5, 5.41) is 18.1. The molecule has 4 heteroatoms. The molecule has 0 fully saturated rings. The number of aryl methyl sites for hydroxylation is 1. The number of phenols is 1. The number of benzene rings is 1. The largest absolute Gasteiger partial charge is 0.505 e. The van der Waals surface area contributed by atoms with Gasteiger partial charge in [0.2, 0.25) is 0 Å². The summed E-state index contributed by atoms with van der Waals surface area (Å²) in [5.41, 5.74) is 0.673. The molecule has 0 aliphatic rings. The molecule has 0 radical (unpaired) electrons. The molecule has 2 N–H and O–H groups in total. The van der Waals surface area contributed by atoms with Crippen molar-refractivity contribution in [2.75, 3.05) is 0 Å². The Hall–Kier alpha value is -1.58. The predicted octanol–water partition coefficient (Wildman–Crippen LogP) is 2.10. The van der Waals surface area contributed by atoms with Crippen molar-refractivity contribution in [1.29, 1.82) is 0 Å². The van der Waals surface area contributed by atoms with E-state index in [1.54, 1.807) is 13.0 Å². The van der Waals surface area contributed by atoms with E-state index in [9.17, 15) is 14.3 Å². The molecule has 0 saturated heterocycles. The molecule has 82 valence electrons. The van der Waals surface area contributed by atoms with Crippen LogP contribution >= 0.6 is 0 Å². The van der Waals surface area contributed by atoms with E-state index in [1.807, 2.05) is 0 Å². The normalized spacial score (nSPS) is 12.5. The fourth-order valence-corrected chi connectivity index (χ4v) is 1.29. The molecule has 1 unspecified atom stereocenters. The molecule has 0 aliphatic carbocycles. The van der Waals surface area contributed by atoms with Crippen LogP contribution in [0.15, 0.2) is 12.1 Å². The number of halogens is 1. The zero-order chi connectivity index (χ0) is 11.6. The third-order valence-electron chi connectivity index (χ3n) is 2.34. The quantitative estimate of drug-likeness (QED) is 0.806. The zero-order valence-corrected chi connectivity index (χ0v) is 8.62. The van der Waals surface area contributed by atoms with Gasteiger partial charge in [0.05, 0.1) is 5.92 Å². The maximum absolute atomic E-state index is 13.2. The first-order chi connectivity index (χ1) is 6.93. The second-order valence-corrected chi connectivity index (χ2v) is 3.65. The minimum absolute atomic E-state index is 0.123. The van der Waals surface area contributed by atoms with Crippen molar-refractivity contribution in [1.82, 2.24) is 0 Å². The van der Waals surface area contributed by atoms with Gasteiger partial charge in [-0.1, -0.05) is 19.1 Å². The van der Waals surface area contributed by atoms with Crippen LogP contribution in [0.4, 0.5) is 4.39 Å². The second kappa shape index (κ2) is 4.29. The number of hydrogen-bond acceptors (Lipinski definition) is 2. The highest BCUT2D eigenvalue weighted by atomic mass is 19.1. The first-order valence-corrected chi connectivity index (χ1v) is 4.63. The van der Waals surface area contributed by atoms with Crippen LogP contribution in [0.1, 0.15) is 18.1 Å². The Bertz CT molecular complexity index is 388. The molecule has 0 saturated carbocycles. The standard InChI is InChI=1S/C11H13FO3/c1-6-3-4-8(10(13)9(6)12)5-7(2)11(14)15/h3-4,7,13H,5H2,1-2H3,(H,14,15). The van der Waals surface area contributed by atoms with Crippen molar-refractivity contribution in [3.8, 4) is 5.75 Å². The van der Waals surface area contributed by atoms with Crippen LogP contribution in [0.2, 0.25) is 0 Å². The van der Waals surface area contributed by atoms with E-state index in [0.717, 1.165) is 0 Å². The lowest BCUT2D eigenvalue weighted by atomic mass is 9.99. The van der Waals surface area contributed by atoms with Gasteiger partial charge in [-0.3, -0.25) is 4.79 Å². The van der Waals surface area contributed by atoms with Gasteiger partial charge in [-0.25, -0.2) is 4.39 Å². The van der Waals surface area contributed by atoms with Crippen molar-refractivity contribution in [3.63, 3.8) is 0 Å². The van der Waals surface area contributed by atoms with E-state index in [4.69, 9.17) is 5.11 Å². The van der Waals surface area contributed by atoms with Gasteiger partial charge < -0.3 is 10.2 Å². The fraction of sp³-hybridized carbons (Fsp3) is 0.364. The minimum Gasteiger partial charge on any atom is -0.505 e. The molecule has 1 rings (SSSR count). The highest BCUT2D eigenvalue weighted by molar-refractivity contribution is 5.70. The number of phenolic OH excluding ortho intramolecular Hbond substituents is 1. The Balaban J connectivity index is 2.97. The van der Waals surface area contributed by atoms with Gasteiger partial charge in [-0.2, -0.15) is 0 Å². The maximum atomic E-state index is 13.2. The lowest BCUT2D eigenvalue weighted by Gasteiger charge is -2.09. The van der Waals surface area contributed by atoms with E-state index < -0.39 is 23.5 Å². The van der Waals surface area contributed by atoms with Crippen LogP contribution in [-0.4, -0.2) is 16.2 Å². The van der Waals surface area contributed by atoms with E-state index in [-0.39, 0.29) is 6.42 Å². The van der Waals surface area contributed by atoms with Gasteiger partial charge in [-0.15, -0.1) is 0 Å². The molecule has 1 aromatic rings. The molecule has 0 spiro atoms. The van der Waals surface area contributed by atoms with Crippen molar-refractivity contribution < 1.29 is 19.4 Å². The van der Waals surface area contributed by atoms with Crippen LogP contribution in [0.25, 0.3) is 0 Å². The number of carbonyl (C=O) groups is 1. The van der Waals surface area contributed by atoms with E-state index >= 15 is 0 Å². The van der Waals surface area contributed by atoms with E-state index in [1.165, 1.54) is 13.0 Å². The molecule has 0 amide bonds. The predicted molar refractivity (Wildman–Crippen MR) is 53.3 cm³/mol. The van der Waals surface area contributed by atoms with Gasteiger partial charge in [-0.05, 0) is 24.5 Å². The van der Waals surface area contributed by atoms with Gasteiger partial charge in [0.15, 0.2) is 11.6 Å². The summed E-state index contributed by atoms with van der Waals surface area (Å²) in [6, 6.07) is 3.08. The van der Waals surface area contributed by atoms with Crippen molar-refractivity contribution in [2.24, 2.45) is 5.92 Å².